The molecular formula is C16H10BrF3N4O3. The van der Waals surface area contributed by atoms with E-state index in [9.17, 15) is 28.1 Å². The van der Waals surface area contributed by atoms with E-state index in [1.54, 1.807) is 0 Å². The van der Waals surface area contributed by atoms with Gasteiger partial charge in [-0.2, -0.15) is 13.2 Å². The fraction of sp³-hybridized carbons (Fsp3) is 0.125. The number of imidazole rings is 1. The lowest BCUT2D eigenvalue weighted by Crippen LogP contribution is -2.17. The number of anilines is 1. The van der Waals surface area contributed by atoms with Gasteiger partial charge in [0, 0.05) is 22.8 Å². The summed E-state index contributed by atoms with van der Waals surface area (Å²) >= 11 is 3.17. The highest BCUT2D eigenvalue weighted by atomic mass is 79.9. The van der Waals surface area contributed by atoms with Gasteiger partial charge in [-0.25, -0.2) is 4.98 Å². The van der Waals surface area contributed by atoms with Gasteiger partial charge >= 0.3 is 6.18 Å². The zero-order valence-corrected chi connectivity index (χ0v) is 15.1. The number of hydrogen-bond donors (Lipinski definition) is 1. The predicted octanol–water partition coefficient (Wildman–Crippen LogP) is 4.58. The van der Waals surface area contributed by atoms with Crippen LogP contribution in [0.25, 0.3) is 5.65 Å². The summed E-state index contributed by atoms with van der Waals surface area (Å²) in [7, 11) is 0. The predicted molar refractivity (Wildman–Crippen MR) is 93.7 cm³/mol. The number of nitro groups is 1. The molecule has 0 aliphatic rings. The highest BCUT2D eigenvalue weighted by Crippen LogP contribution is 2.31. The summed E-state index contributed by atoms with van der Waals surface area (Å²) in [5.74, 6) is -0.750. The van der Waals surface area contributed by atoms with Gasteiger partial charge in [0.25, 0.3) is 11.6 Å². The Hall–Kier alpha value is -2.95. The van der Waals surface area contributed by atoms with Gasteiger partial charge in [0.05, 0.1) is 21.9 Å². The third kappa shape index (κ3) is 3.63. The summed E-state index contributed by atoms with van der Waals surface area (Å²) in [6.45, 7) is 1.48. The number of carbonyl (C=O) groups is 1. The Balaban J connectivity index is 2.05. The second-order valence-electron chi connectivity index (χ2n) is 5.56. The number of halogens is 4. The Morgan fingerprint density at radius 3 is 2.63 bits per heavy atom. The van der Waals surface area contributed by atoms with Crippen molar-refractivity contribution in [1.29, 1.82) is 0 Å². The number of aryl methyl sites for hydroxylation is 1. The number of carbonyl (C=O) groups excluding carboxylic acids is 1. The summed E-state index contributed by atoms with van der Waals surface area (Å²) in [5, 5.41) is 13.4. The third-order valence-corrected chi connectivity index (χ3v) is 4.44. The average molecular weight is 443 g/mol. The van der Waals surface area contributed by atoms with Gasteiger partial charge in [0.15, 0.2) is 0 Å². The van der Waals surface area contributed by atoms with Crippen molar-refractivity contribution in [1.82, 2.24) is 9.38 Å². The van der Waals surface area contributed by atoms with Crippen molar-refractivity contribution in [3.05, 3.63) is 68.1 Å². The number of aromatic nitrogens is 2. The van der Waals surface area contributed by atoms with E-state index < -0.39 is 22.6 Å². The van der Waals surface area contributed by atoms with Gasteiger partial charge in [0.2, 0.25) is 0 Å². The highest BCUT2D eigenvalue weighted by molar-refractivity contribution is 9.10. The van der Waals surface area contributed by atoms with Gasteiger partial charge in [-0.3, -0.25) is 19.3 Å². The molecule has 3 rings (SSSR count). The molecule has 0 radical (unpaired) electrons. The number of amides is 1. The molecule has 140 valence electrons. The van der Waals surface area contributed by atoms with Crippen molar-refractivity contribution in [3.63, 3.8) is 0 Å². The monoisotopic (exact) mass is 442 g/mol. The maximum Gasteiger partial charge on any atom is 0.417 e. The Bertz CT molecular complexity index is 1080. The number of non-ortho nitro benzene ring substituents is 1. The summed E-state index contributed by atoms with van der Waals surface area (Å²) in [4.78, 5) is 27.0. The number of alkyl halides is 3. The SMILES string of the molecule is Cc1nc2ccc(C(F)(F)F)cn2c1C(=O)Nc1cc([N+](=O)[O-])ccc1Br. The number of fused-ring (bicyclic) bond motifs is 1. The Kier molecular flexibility index (Phi) is 4.64. The number of benzene rings is 1. The lowest BCUT2D eigenvalue weighted by molar-refractivity contribution is -0.384. The zero-order valence-electron chi connectivity index (χ0n) is 13.5. The molecule has 0 atom stereocenters. The fourth-order valence-electron chi connectivity index (χ4n) is 2.51. The van der Waals surface area contributed by atoms with Crippen LogP contribution in [0.4, 0.5) is 24.5 Å². The van der Waals surface area contributed by atoms with E-state index in [1.807, 2.05) is 0 Å². The van der Waals surface area contributed by atoms with Crippen LogP contribution in [0.5, 0.6) is 0 Å². The van der Waals surface area contributed by atoms with Crippen molar-refractivity contribution in [2.75, 3.05) is 5.32 Å². The first-order valence-corrected chi connectivity index (χ1v) is 8.18. The van der Waals surface area contributed by atoms with Crippen molar-refractivity contribution in [2.45, 2.75) is 13.1 Å². The molecule has 1 N–H and O–H groups in total. The van der Waals surface area contributed by atoms with Crippen LogP contribution in [-0.2, 0) is 6.18 Å². The minimum absolute atomic E-state index is 0.102. The summed E-state index contributed by atoms with van der Waals surface area (Å²) < 4.78 is 40.3. The molecule has 0 aliphatic carbocycles. The van der Waals surface area contributed by atoms with Gasteiger partial charge in [0.1, 0.15) is 11.3 Å². The van der Waals surface area contributed by atoms with E-state index in [0.29, 0.717) is 4.47 Å². The minimum atomic E-state index is -4.58. The molecule has 2 heterocycles. The first-order valence-electron chi connectivity index (χ1n) is 7.39. The molecule has 0 saturated heterocycles. The zero-order chi connectivity index (χ0) is 19.9. The van der Waals surface area contributed by atoms with E-state index in [4.69, 9.17) is 0 Å². The van der Waals surface area contributed by atoms with Crippen molar-refractivity contribution in [3.8, 4) is 0 Å². The smallest absolute Gasteiger partial charge is 0.319 e. The van der Waals surface area contributed by atoms with Crippen LogP contribution in [0.15, 0.2) is 41.0 Å². The molecular weight excluding hydrogens is 433 g/mol. The van der Waals surface area contributed by atoms with Crippen LogP contribution in [0.1, 0.15) is 21.7 Å². The van der Waals surface area contributed by atoms with Gasteiger partial charge in [-0.1, -0.05) is 0 Å². The Morgan fingerprint density at radius 1 is 1.30 bits per heavy atom. The molecule has 2 aromatic heterocycles. The average Bonchev–Trinajstić information content (AvgIpc) is 2.90. The van der Waals surface area contributed by atoms with E-state index in [-0.39, 0.29) is 28.4 Å². The van der Waals surface area contributed by atoms with E-state index in [2.05, 4.69) is 26.2 Å². The first kappa shape index (κ1) is 18.8. The van der Waals surface area contributed by atoms with Crippen LogP contribution < -0.4 is 5.32 Å². The van der Waals surface area contributed by atoms with Crippen LogP contribution in [-0.4, -0.2) is 20.2 Å². The molecule has 11 heteroatoms. The quantitative estimate of drug-likeness (QED) is 0.474. The van der Waals surface area contributed by atoms with Gasteiger partial charge in [-0.15, -0.1) is 0 Å². The Morgan fingerprint density at radius 2 is 2.00 bits per heavy atom. The molecule has 0 spiro atoms. The number of nitro benzene ring substituents is 1. The molecule has 0 unspecified atom stereocenters. The van der Waals surface area contributed by atoms with Gasteiger partial charge < -0.3 is 5.32 Å². The summed E-state index contributed by atoms with van der Waals surface area (Å²) in [6, 6.07) is 5.81. The number of nitrogens with one attached hydrogen (secondary N) is 1. The van der Waals surface area contributed by atoms with Crippen LogP contribution >= 0.6 is 15.9 Å². The lowest BCUT2D eigenvalue weighted by atomic mass is 10.2. The number of pyridine rings is 1. The summed E-state index contributed by atoms with van der Waals surface area (Å²) in [6.07, 6.45) is -3.80. The van der Waals surface area contributed by atoms with E-state index in [1.165, 1.54) is 19.1 Å². The van der Waals surface area contributed by atoms with E-state index >= 15 is 0 Å². The molecule has 0 saturated carbocycles. The van der Waals surface area contributed by atoms with E-state index in [0.717, 1.165) is 28.8 Å². The normalized spacial score (nSPS) is 11.6. The second kappa shape index (κ2) is 6.65. The minimum Gasteiger partial charge on any atom is -0.319 e. The number of nitrogens with zero attached hydrogens (tertiary/aromatic N) is 3. The molecule has 7 nitrogen and oxygen atoms in total. The second-order valence-corrected chi connectivity index (χ2v) is 6.42. The fourth-order valence-corrected chi connectivity index (χ4v) is 2.85. The van der Waals surface area contributed by atoms with Crippen molar-refractivity contribution in [2.24, 2.45) is 0 Å². The standard InChI is InChI=1S/C16H10BrF3N4O3/c1-8-14(23-7-9(16(18,19)20)2-5-13(23)21-8)15(25)22-12-6-10(24(26)27)3-4-11(12)17/h2-7H,1H3,(H,22,25). The number of hydrogen-bond acceptors (Lipinski definition) is 4. The van der Waals surface area contributed by atoms with Crippen molar-refractivity contribution >= 4 is 38.9 Å². The Labute approximate surface area is 158 Å². The largest absolute Gasteiger partial charge is 0.417 e. The van der Waals surface area contributed by atoms with Crippen molar-refractivity contribution < 1.29 is 22.9 Å². The molecule has 1 aromatic carbocycles. The molecule has 27 heavy (non-hydrogen) atoms. The molecule has 0 aliphatic heterocycles. The van der Waals surface area contributed by atoms with Gasteiger partial charge in [-0.05, 0) is 41.1 Å². The molecule has 1 amide bonds. The molecule has 0 fully saturated rings. The van der Waals surface area contributed by atoms with Crippen LogP contribution in [0.2, 0.25) is 0 Å². The van der Waals surface area contributed by atoms with Crippen LogP contribution in [0.3, 0.4) is 0 Å². The topological polar surface area (TPSA) is 89.5 Å². The number of rotatable bonds is 3. The molecule has 0 bridgehead atoms. The maximum absolute atomic E-state index is 13.0. The first-order chi connectivity index (χ1) is 12.6. The highest BCUT2D eigenvalue weighted by Gasteiger charge is 2.31. The molecule has 3 aromatic rings. The third-order valence-electron chi connectivity index (χ3n) is 3.74. The maximum atomic E-state index is 13.0. The lowest BCUT2D eigenvalue weighted by Gasteiger charge is -2.10. The summed E-state index contributed by atoms with van der Waals surface area (Å²) in [5.41, 5.74) is -0.789. The van der Waals surface area contributed by atoms with Crippen LogP contribution in [0, 0.1) is 17.0 Å².